The standard InChI is InChI=1S/C10H17NO4/c1-10(2,9(13)14)11-8(12)6-15-5-7-3-4-7/h7H,3-6H2,1-2H3,(H,11,12)(H,13,14). The number of hydrogen-bond acceptors (Lipinski definition) is 3. The number of aliphatic carboxylic acids is 1. The molecule has 0 aromatic heterocycles. The summed E-state index contributed by atoms with van der Waals surface area (Å²) < 4.78 is 5.14. The lowest BCUT2D eigenvalue weighted by Gasteiger charge is -2.20. The molecule has 0 atom stereocenters. The van der Waals surface area contributed by atoms with Crippen molar-refractivity contribution in [2.75, 3.05) is 13.2 Å². The van der Waals surface area contributed by atoms with Gasteiger partial charge in [0.05, 0.1) is 6.61 Å². The van der Waals surface area contributed by atoms with Crippen LogP contribution in [-0.4, -0.2) is 35.7 Å². The third kappa shape index (κ3) is 4.29. The third-order valence-electron chi connectivity index (χ3n) is 2.27. The molecule has 0 aromatic rings. The van der Waals surface area contributed by atoms with Crippen molar-refractivity contribution in [2.24, 2.45) is 5.92 Å². The van der Waals surface area contributed by atoms with E-state index in [1.165, 1.54) is 26.7 Å². The predicted molar refractivity (Wildman–Crippen MR) is 53.4 cm³/mol. The summed E-state index contributed by atoms with van der Waals surface area (Å²) in [6, 6.07) is 0. The Kier molecular flexibility index (Phi) is 3.68. The highest BCUT2D eigenvalue weighted by atomic mass is 16.5. The molecule has 5 nitrogen and oxygen atoms in total. The third-order valence-corrected chi connectivity index (χ3v) is 2.27. The van der Waals surface area contributed by atoms with Crippen LogP contribution in [-0.2, 0) is 14.3 Å². The van der Waals surface area contributed by atoms with E-state index >= 15 is 0 Å². The Morgan fingerprint density at radius 1 is 1.47 bits per heavy atom. The molecule has 1 aliphatic rings. The number of carboxylic acids is 1. The van der Waals surface area contributed by atoms with E-state index in [0.717, 1.165) is 0 Å². The first-order chi connectivity index (χ1) is 6.92. The minimum atomic E-state index is -1.24. The van der Waals surface area contributed by atoms with E-state index in [2.05, 4.69) is 5.32 Å². The first kappa shape index (κ1) is 12.0. The zero-order valence-electron chi connectivity index (χ0n) is 9.08. The average molecular weight is 215 g/mol. The Hall–Kier alpha value is -1.10. The van der Waals surface area contributed by atoms with Gasteiger partial charge in [0.25, 0.3) is 0 Å². The average Bonchev–Trinajstić information content (AvgIpc) is 2.86. The van der Waals surface area contributed by atoms with Crippen LogP contribution in [0.5, 0.6) is 0 Å². The number of ether oxygens (including phenoxy) is 1. The number of carbonyl (C=O) groups excluding carboxylic acids is 1. The van der Waals surface area contributed by atoms with Gasteiger partial charge in [-0.05, 0) is 32.6 Å². The van der Waals surface area contributed by atoms with E-state index in [-0.39, 0.29) is 12.5 Å². The van der Waals surface area contributed by atoms with Crippen LogP contribution in [0.4, 0.5) is 0 Å². The topological polar surface area (TPSA) is 75.6 Å². The summed E-state index contributed by atoms with van der Waals surface area (Å²) in [6.07, 6.45) is 2.34. The Morgan fingerprint density at radius 2 is 2.07 bits per heavy atom. The largest absolute Gasteiger partial charge is 0.480 e. The summed E-state index contributed by atoms with van der Waals surface area (Å²) in [5.74, 6) is -0.841. The Labute approximate surface area is 88.8 Å². The van der Waals surface area contributed by atoms with Crippen LogP contribution in [0.3, 0.4) is 0 Å². The molecule has 0 radical (unpaired) electrons. The lowest BCUT2D eigenvalue weighted by atomic mass is 10.1. The van der Waals surface area contributed by atoms with Gasteiger partial charge in [0.15, 0.2) is 0 Å². The second-order valence-corrected chi connectivity index (χ2v) is 4.44. The molecule has 0 saturated heterocycles. The molecule has 0 bridgehead atoms. The number of carbonyl (C=O) groups is 2. The van der Waals surface area contributed by atoms with Gasteiger partial charge in [-0.15, -0.1) is 0 Å². The zero-order valence-corrected chi connectivity index (χ0v) is 9.08. The van der Waals surface area contributed by atoms with Gasteiger partial charge in [0, 0.05) is 0 Å². The maximum atomic E-state index is 11.3. The van der Waals surface area contributed by atoms with Crippen molar-refractivity contribution in [2.45, 2.75) is 32.2 Å². The van der Waals surface area contributed by atoms with E-state index in [4.69, 9.17) is 9.84 Å². The highest BCUT2D eigenvalue weighted by Crippen LogP contribution is 2.28. The summed E-state index contributed by atoms with van der Waals surface area (Å²) in [4.78, 5) is 22.0. The van der Waals surface area contributed by atoms with E-state index < -0.39 is 11.5 Å². The van der Waals surface area contributed by atoms with Crippen molar-refractivity contribution in [3.8, 4) is 0 Å². The van der Waals surface area contributed by atoms with Crippen molar-refractivity contribution >= 4 is 11.9 Å². The molecule has 5 heteroatoms. The monoisotopic (exact) mass is 215 g/mol. The fraction of sp³-hybridized carbons (Fsp3) is 0.800. The van der Waals surface area contributed by atoms with Crippen molar-refractivity contribution in [1.29, 1.82) is 0 Å². The SMILES string of the molecule is CC(C)(NC(=O)COCC1CC1)C(=O)O. The number of hydrogen-bond donors (Lipinski definition) is 2. The van der Waals surface area contributed by atoms with Crippen LogP contribution in [0.2, 0.25) is 0 Å². The van der Waals surface area contributed by atoms with E-state index in [1.54, 1.807) is 0 Å². The van der Waals surface area contributed by atoms with Gasteiger partial charge in [-0.2, -0.15) is 0 Å². The number of carboxylic acid groups (broad SMARTS) is 1. The van der Waals surface area contributed by atoms with E-state index in [1.807, 2.05) is 0 Å². The van der Waals surface area contributed by atoms with Crippen LogP contribution in [0.1, 0.15) is 26.7 Å². The normalized spacial score (nSPS) is 16.1. The van der Waals surface area contributed by atoms with Crippen LogP contribution >= 0.6 is 0 Å². The van der Waals surface area contributed by atoms with Gasteiger partial charge in [-0.3, -0.25) is 4.79 Å². The van der Waals surface area contributed by atoms with Crippen molar-refractivity contribution in [1.82, 2.24) is 5.32 Å². The molecule has 1 rings (SSSR count). The molecule has 15 heavy (non-hydrogen) atoms. The predicted octanol–water partition coefficient (Wildman–Crippen LogP) is 0.392. The fourth-order valence-corrected chi connectivity index (χ4v) is 1.04. The molecule has 0 aliphatic heterocycles. The van der Waals surface area contributed by atoms with Crippen LogP contribution in [0.25, 0.3) is 0 Å². The first-order valence-corrected chi connectivity index (χ1v) is 5.04. The molecule has 0 aromatic carbocycles. The van der Waals surface area contributed by atoms with Crippen molar-refractivity contribution in [3.05, 3.63) is 0 Å². The van der Waals surface area contributed by atoms with Crippen LogP contribution < -0.4 is 5.32 Å². The smallest absolute Gasteiger partial charge is 0.328 e. The second kappa shape index (κ2) is 4.61. The quantitative estimate of drug-likeness (QED) is 0.672. The molecule has 1 fully saturated rings. The van der Waals surface area contributed by atoms with Gasteiger partial charge in [-0.1, -0.05) is 0 Å². The Bertz CT molecular complexity index is 258. The van der Waals surface area contributed by atoms with Crippen molar-refractivity contribution in [3.63, 3.8) is 0 Å². The van der Waals surface area contributed by atoms with Gasteiger partial charge in [-0.25, -0.2) is 4.79 Å². The summed E-state index contributed by atoms with van der Waals surface area (Å²) in [7, 11) is 0. The maximum absolute atomic E-state index is 11.3. The van der Waals surface area contributed by atoms with Gasteiger partial charge >= 0.3 is 5.97 Å². The summed E-state index contributed by atoms with van der Waals surface area (Å²) in [6.45, 7) is 3.41. The molecule has 1 aliphatic carbocycles. The van der Waals surface area contributed by atoms with Gasteiger partial charge in [0.1, 0.15) is 12.1 Å². The molecule has 1 amide bonds. The minimum Gasteiger partial charge on any atom is -0.480 e. The molecule has 2 N–H and O–H groups in total. The summed E-state index contributed by atoms with van der Waals surface area (Å²) in [5, 5.41) is 11.1. The maximum Gasteiger partial charge on any atom is 0.328 e. The minimum absolute atomic E-state index is 0.0623. The molecule has 0 unspecified atom stereocenters. The van der Waals surface area contributed by atoms with Gasteiger partial charge < -0.3 is 15.2 Å². The summed E-state index contributed by atoms with van der Waals surface area (Å²) >= 11 is 0. The van der Waals surface area contributed by atoms with Crippen LogP contribution in [0, 0.1) is 5.92 Å². The zero-order chi connectivity index (χ0) is 11.5. The molecule has 0 spiro atoms. The molecule has 1 saturated carbocycles. The lowest BCUT2D eigenvalue weighted by Crippen LogP contribution is -2.50. The van der Waals surface area contributed by atoms with Gasteiger partial charge in [0.2, 0.25) is 5.91 Å². The highest BCUT2D eigenvalue weighted by Gasteiger charge is 2.29. The number of rotatable bonds is 6. The highest BCUT2D eigenvalue weighted by molar-refractivity contribution is 5.86. The molecule has 0 heterocycles. The number of amides is 1. The van der Waals surface area contributed by atoms with Crippen LogP contribution in [0.15, 0.2) is 0 Å². The molecule has 86 valence electrons. The summed E-state index contributed by atoms with van der Waals surface area (Å²) in [5.41, 5.74) is -1.24. The second-order valence-electron chi connectivity index (χ2n) is 4.44. The molecular weight excluding hydrogens is 198 g/mol. The van der Waals surface area contributed by atoms with E-state index in [9.17, 15) is 9.59 Å². The Morgan fingerprint density at radius 3 is 2.53 bits per heavy atom. The Balaban J connectivity index is 2.18. The lowest BCUT2D eigenvalue weighted by molar-refractivity contribution is -0.146. The van der Waals surface area contributed by atoms with Crippen molar-refractivity contribution < 1.29 is 19.4 Å². The fourth-order valence-electron chi connectivity index (χ4n) is 1.04. The number of nitrogens with one attached hydrogen (secondary N) is 1. The first-order valence-electron chi connectivity index (χ1n) is 5.04. The molecular formula is C10H17NO4. The van der Waals surface area contributed by atoms with E-state index in [0.29, 0.717) is 12.5 Å².